The molecule has 1 aromatic heterocycles. The van der Waals surface area contributed by atoms with Crippen molar-refractivity contribution in [3.05, 3.63) is 42.1 Å². The van der Waals surface area contributed by atoms with Crippen molar-refractivity contribution in [3.8, 4) is 0 Å². The minimum absolute atomic E-state index is 0.0155. The second-order valence-corrected chi connectivity index (χ2v) is 3.51. The highest BCUT2D eigenvalue weighted by Gasteiger charge is 2.28. The van der Waals surface area contributed by atoms with E-state index in [1.165, 1.54) is 6.20 Å². The summed E-state index contributed by atoms with van der Waals surface area (Å²) in [4.78, 5) is 13.4. The Balaban J connectivity index is 2.13. The van der Waals surface area contributed by atoms with Gasteiger partial charge >= 0.3 is 0 Å². The zero-order valence-electron chi connectivity index (χ0n) is 8.37. The molecule has 0 spiro atoms. The van der Waals surface area contributed by atoms with Crippen LogP contribution in [0.3, 0.4) is 0 Å². The van der Waals surface area contributed by atoms with Crippen LogP contribution < -0.4 is 4.90 Å². The topological polar surface area (TPSA) is 59.0 Å². The average Bonchev–Trinajstić information content (AvgIpc) is 2.66. The lowest BCUT2D eigenvalue weighted by molar-refractivity contribution is -0.116. The summed E-state index contributed by atoms with van der Waals surface area (Å²) >= 11 is 0. The Labute approximate surface area is 91.7 Å². The van der Waals surface area contributed by atoms with Crippen molar-refractivity contribution in [1.29, 1.82) is 0 Å². The van der Waals surface area contributed by atoms with Crippen molar-refractivity contribution in [2.45, 2.75) is 6.42 Å². The number of amides is 1. The normalized spacial score (nSPS) is 14.0. The average molecular weight is 212 g/mol. The lowest BCUT2D eigenvalue weighted by Gasteiger charge is -2.14. The molecule has 2 heterocycles. The number of aromatic nitrogens is 3. The third kappa shape index (κ3) is 1.25. The SMILES string of the molecule is O=C1Cc2ccccc2N1c1ccnnn1. The van der Waals surface area contributed by atoms with Gasteiger partial charge in [-0.05, 0) is 16.8 Å². The molecular formula is C11H8N4O. The Kier molecular flexibility index (Phi) is 1.89. The van der Waals surface area contributed by atoms with Crippen LogP contribution in [0.5, 0.6) is 0 Å². The van der Waals surface area contributed by atoms with Crippen molar-refractivity contribution in [1.82, 2.24) is 15.4 Å². The van der Waals surface area contributed by atoms with E-state index >= 15 is 0 Å². The minimum atomic E-state index is 0.0155. The predicted molar refractivity (Wildman–Crippen MR) is 57.1 cm³/mol. The molecule has 0 aliphatic carbocycles. The van der Waals surface area contributed by atoms with Gasteiger partial charge in [0.05, 0.1) is 18.3 Å². The largest absolute Gasteiger partial charge is 0.274 e. The van der Waals surface area contributed by atoms with E-state index in [0.29, 0.717) is 12.2 Å². The van der Waals surface area contributed by atoms with E-state index < -0.39 is 0 Å². The number of anilines is 2. The van der Waals surface area contributed by atoms with E-state index in [-0.39, 0.29) is 5.91 Å². The molecular weight excluding hydrogens is 204 g/mol. The summed E-state index contributed by atoms with van der Waals surface area (Å²) in [6, 6.07) is 9.35. The molecule has 1 aliphatic heterocycles. The predicted octanol–water partition coefficient (Wildman–Crippen LogP) is 1.09. The number of nitrogens with zero attached hydrogens (tertiary/aromatic N) is 4. The maximum atomic E-state index is 11.9. The van der Waals surface area contributed by atoms with Crippen molar-refractivity contribution in [2.24, 2.45) is 0 Å². The monoisotopic (exact) mass is 212 g/mol. The molecule has 5 nitrogen and oxygen atoms in total. The van der Waals surface area contributed by atoms with Gasteiger partial charge in [-0.25, -0.2) is 0 Å². The summed E-state index contributed by atoms with van der Waals surface area (Å²) in [6.45, 7) is 0. The number of carbonyl (C=O) groups excluding carboxylic acids is 1. The summed E-state index contributed by atoms with van der Waals surface area (Å²) < 4.78 is 0. The number of benzene rings is 1. The van der Waals surface area contributed by atoms with Crippen LogP contribution in [0.4, 0.5) is 11.5 Å². The molecule has 0 radical (unpaired) electrons. The Morgan fingerprint density at radius 3 is 2.88 bits per heavy atom. The molecule has 1 aromatic carbocycles. The molecule has 78 valence electrons. The molecule has 16 heavy (non-hydrogen) atoms. The lowest BCUT2D eigenvalue weighted by Crippen LogP contribution is -2.22. The fourth-order valence-electron chi connectivity index (χ4n) is 1.86. The summed E-state index contributed by atoms with van der Waals surface area (Å²) in [5.74, 6) is 0.534. The van der Waals surface area contributed by atoms with Gasteiger partial charge in [0.15, 0.2) is 5.82 Å². The van der Waals surface area contributed by atoms with Crippen LogP contribution in [-0.4, -0.2) is 21.3 Å². The molecule has 1 aliphatic rings. The number of hydrogen-bond acceptors (Lipinski definition) is 4. The number of hydrogen-bond donors (Lipinski definition) is 0. The van der Waals surface area contributed by atoms with E-state index in [4.69, 9.17) is 0 Å². The second kappa shape index (κ2) is 3.37. The summed E-state index contributed by atoms with van der Waals surface area (Å²) in [6.07, 6.45) is 1.94. The lowest BCUT2D eigenvalue weighted by atomic mass is 10.2. The first-order valence-electron chi connectivity index (χ1n) is 4.91. The first kappa shape index (κ1) is 8.96. The molecule has 1 amide bonds. The van der Waals surface area contributed by atoms with Crippen molar-refractivity contribution in [3.63, 3.8) is 0 Å². The fourth-order valence-corrected chi connectivity index (χ4v) is 1.86. The summed E-state index contributed by atoms with van der Waals surface area (Å²) in [5.41, 5.74) is 1.90. The number of rotatable bonds is 1. The van der Waals surface area contributed by atoms with Gasteiger partial charge in [-0.2, -0.15) is 0 Å². The van der Waals surface area contributed by atoms with Crippen LogP contribution in [0, 0.1) is 0 Å². The van der Waals surface area contributed by atoms with Crippen LogP contribution >= 0.6 is 0 Å². The van der Waals surface area contributed by atoms with Gasteiger partial charge in [0.1, 0.15) is 0 Å². The first-order chi connectivity index (χ1) is 7.86. The molecule has 5 heteroatoms. The molecule has 2 aromatic rings. The first-order valence-corrected chi connectivity index (χ1v) is 4.91. The van der Waals surface area contributed by atoms with Gasteiger partial charge in [-0.1, -0.05) is 18.2 Å². The molecule has 0 atom stereocenters. The van der Waals surface area contributed by atoms with Gasteiger partial charge in [0, 0.05) is 6.07 Å². The van der Waals surface area contributed by atoms with Crippen LogP contribution in [0.25, 0.3) is 0 Å². The van der Waals surface area contributed by atoms with Gasteiger partial charge in [-0.15, -0.1) is 10.2 Å². The van der Waals surface area contributed by atoms with Gasteiger partial charge in [-0.3, -0.25) is 9.69 Å². The fraction of sp³-hybridized carbons (Fsp3) is 0.0909. The van der Waals surface area contributed by atoms with Gasteiger partial charge < -0.3 is 0 Å². The number of fused-ring (bicyclic) bond motifs is 1. The molecule has 0 unspecified atom stereocenters. The van der Waals surface area contributed by atoms with E-state index in [1.54, 1.807) is 11.0 Å². The van der Waals surface area contributed by atoms with Crippen LogP contribution in [-0.2, 0) is 11.2 Å². The Morgan fingerprint density at radius 2 is 2.06 bits per heavy atom. The standard InChI is InChI=1S/C11H8N4O/c16-11-7-8-3-1-2-4-9(8)15(11)10-5-6-12-14-13-10/h1-6H,7H2. The highest BCUT2D eigenvalue weighted by Crippen LogP contribution is 2.33. The van der Waals surface area contributed by atoms with Crippen molar-refractivity contribution >= 4 is 17.4 Å². The third-order valence-electron chi connectivity index (χ3n) is 2.54. The van der Waals surface area contributed by atoms with Crippen LogP contribution in [0.1, 0.15) is 5.56 Å². The summed E-state index contributed by atoms with van der Waals surface area (Å²) in [7, 11) is 0. The molecule has 3 rings (SSSR count). The van der Waals surface area contributed by atoms with Crippen LogP contribution in [0.15, 0.2) is 36.5 Å². The van der Waals surface area contributed by atoms with E-state index in [2.05, 4.69) is 15.4 Å². The highest BCUT2D eigenvalue weighted by atomic mass is 16.2. The van der Waals surface area contributed by atoms with Gasteiger partial charge in [0.25, 0.3) is 0 Å². The van der Waals surface area contributed by atoms with Crippen molar-refractivity contribution < 1.29 is 4.79 Å². The van der Waals surface area contributed by atoms with Crippen LogP contribution in [0.2, 0.25) is 0 Å². The Morgan fingerprint density at radius 1 is 1.19 bits per heavy atom. The zero-order valence-corrected chi connectivity index (χ0v) is 8.37. The molecule has 0 fully saturated rings. The van der Waals surface area contributed by atoms with Crippen molar-refractivity contribution in [2.75, 3.05) is 4.90 Å². The Hall–Kier alpha value is -2.30. The maximum absolute atomic E-state index is 11.9. The summed E-state index contributed by atoms with van der Waals surface area (Å²) in [5, 5.41) is 11.0. The Bertz CT molecular complexity index is 541. The highest BCUT2D eigenvalue weighted by molar-refractivity contribution is 6.06. The molecule has 0 N–H and O–H groups in total. The smallest absolute Gasteiger partial charge is 0.237 e. The molecule has 0 saturated carbocycles. The zero-order chi connectivity index (χ0) is 11.0. The van der Waals surface area contributed by atoms with E-state index in [1.807, 2.05) is 24.3 Å². The maximum Gasteiger partial charge on any atom is 0.237 e. The van der Waals surface area contributed by atoms with Gasteiger partial charge in [0.2, 0.25) is 5.91 Å². The minimum Gasteiger partial charge on any atom is -0.274 e. The quantitative estimate of drug-likeness (QED) is 0.710. The second-order valence-electron chi connectivity index (χ2n) is 3.51. The number of carbonyl (C=O) groups is 1. The number of para-hydroxylation sites is 1. The molecule has 0 saturated heterocycles. The molecule has 0 bridgehead atoms. The van der Waals surface area contributed by atoms with E-state index in [0.717, 1.165) is 11.3 Å². The van der Waals surface area contributed by atoms with E-state index in [9.17, 15) is 4.79 Å². The third-order valence-corrected chi connectivity index (χ3v) is 2.54.